The molecule has 0 aliphatic heterocycles. The molecule has 0 bridgehead atoms. The monoisotopic (exact) mass is 247 g/mol. The van der Waals surface area contributed by atoms with Crippen molar-refractivity contribution in [3.8, 4) is 0 Å². The first-order chi connectivity index (χ1) is 8.34. The van der Waals surface area contributed by atoms with Crippen molar-refractivity contribution in [2.24, 2.45) is 5.73 Å². The Morgan fingerprint density at radius 2 is 2.12 bits per heavy atom. The predicted molar refractivity (Wildman–Crippen MR) is 72.0 cm³/mol. The second-order valence-corrected chi connectivity index (χ2v) is 5.07. The van der Waals surface area contributed by atoms with Gasteiger partial charge in [0.15, 0.2) is 0 Å². The number of hydrogen-bond donors (Lipinski definition) is 1. The van der Waals surface area contributed by atoms with Crippen LogP contribution >= 0.6 is 11.8 Å². The number of rotatable bonds is 6. The quantitative estimate of drug-likeness (QED) is 0.797. The van der Waals surface area contributed by atoms with Gasteiger partial charge in [-0.3, -0.25) is 0 Å². The van der Waals surface area contributed by atoms with Crippen LogP contribution in [0.3, 0.4) is 0 Å². The van der Waals surface area contributed by atoms with Gasteiger partial charge in [-0.05, 0) is 18.6 Å². The summed E-state index contributed by atoms with van der Waals surface area (Å²) in [4.78, 5) is 5.29. The SMILES string of the molecule is N[C@H](CCn1ccnc1)CSc1ccccc1. The zero-order valence-corrected chi connectivity index (χ0v) is 10.5. The zero-order chi connectivity index (χ0) is 11.9. The lowest BCUT2D eigenvalue weighted by atomic mass is 10.2. The zero-order valence-electron chi connectivity index (χ0n) is 9.70. The van der Waals surface area contributed by atoms with Crippen LogP contribution in [0.15, 0.2) is 53.9 Å². The number of nitrogens with zero attached hydrogens (tertiary/aromatic N) is 2. The van der Waals surface area contributed by atoms with E-state index in [1.54, 1.807) is 6.20 Å². The molecule has 1 aromatic heterocycles. The second kappa shape index (κ2) is 6.47. The highest BCUT2D eigenvalue weighted by Crippen LogP contribution is 2.18. The summed E-state index contributed by atoms with van der Waals surface area (Å²) in [6, 6.07) is 10.6. The Hall–Kier alpha value is -1.26. The minimum absolute atomic E-state index is 0.225. The maximum Gasteiger partial charge on any atom is 0.0945 e. The van der Waals surface area contributed by atoms with Gasteiger partial charge in [0.1, 0.15) is 0 Å². The largest absolute Gasteiger partial charge is 0.337 e. The summed E-state index contributed by atoms with van der Waals surface area (Å²) in [6.45, 7) is 0.941. The number of thioether (sulfide) groups is 1. The molecule has 0 aliphatic carbocycles. The van der Waals surface area contributed by atoms with E-state index >= 15 is 0 Å². The fourth-order valence-corrected chi connectivity index (χ4v) is 2.46. The summed E-state index contributed by atoms with van der Waals surface area (Å²) in [7, 11) is 0. The molecule has 0 amide bonds. The van der Waals surface area contributed by atoms with Gasteiger partial charge < -0.3 is 10.3 Å². The van der Waals surface area contributed by atoms with Crippen molar-refractivity contribution in [3.63, 3.8) is 0 Å². The minimum Gasteiger partial charge on any atom is -0.337 e. The molecular formula is C13H17N3S. The number of imidazole rings is 1. The Kier molecular flexibility index (Phi) is 4.64. The van der Waals surface area contributed by atoms with Crippen LogP contribution in [0.2, 0.25) is 0 Å². The van der Waals surface area contributed by atoms with E-state index in [0.717, 1.165) is 18.7 Å². The Morgan fingerprint density at radius 1 is 1.29 bits per heavy atom. The minimum atomic E-state index is 0.225. The Morgan fingerprint density at radius 3 is 2.82 bits per heavy atom. The van der Waals surface area contributed by atoms with Crippen molar-refractivity contribution < 1.29 is 0 Å². The van der Waals surface area contributed by atoms with Crippen molar-refractivity contribution in [3.05, 3.63) is 49.1 Å². The van der Waals surface area contributed by atoms with Crippen molar-refractivity contribution in [1.82, 2.24) is 9.55 Å². The highest BCUT2D eigenvalue weighted by molar-refractivity contribution is 7.99. The molecular weight excluding hydrogens is 230 g/mol. The summed E-state index contributed by atoms with van der Waals surface area (Å²) in [5.74, 6) is 0.957. The molecule has 2 N–H and O–H groups in total. The van der Waals surface area contributed by atoms with Gasteiger partial charge in [-0.2, -0.15) is 0 Å². The highest BCUT2D eigenvalue weighted by atomic mass is 32.2. The molecule has 1 aromatic carbocycles. The molecule has 2 aromatic rings. The van der Waals surface area contributed by atoms with E-state index in [1.807, 2.05) is 30.4 Å². The summed E-state index contributed by atoms with van der Waals surface area (Å²) in [5.41, 5.74) is 6.08. The second-order valence-electron chi connectivity index (χ2n) is 3.97. The molecule has 0 saturated heterocycles. The van der Waals surface area contributed by atoms with Crippen molar-refractivity contribution in [1.29, 1.82) is 0 Å². The van der Waals surface area contributed by atoms with Crippen LogP contribution in [0.5, 0.6) is 0 Å². The molecule has 2 rings (SSSR count). The van der Waals surface area contributed by atoms with E-state index < -0.39 is 0 Å². The third-order valence-corrected chi connectivity index (χ3v) is 3.72. The molecule has 3 nitrogen and oxygen atoms in total. The van der Waals surface area contributed by atoms with Gasteiger partial charge >= 0.3 is 0 Å². The molecule has 90 valence electrons. The molecule has 1 atom stereocenters. The van der Waals surface area contributed by atoms with E-state index in [1.165, 1.54) is 4.90 Å². The van der Waals surface area contributed by atoms with Crippen molar-refractivity contribution in [2.45, 2.75) is 23.9 Å². The fourth-order valence-electron chi connectivity index (χ4n) is 1.54. The highest BCUT2D eigenvalue weighted by Gasteiger charge is 2.03. The summed E-state index contributed by atoms with van der Waals surface area (Å²) in [5, 5.41) is 0. The lowest BCUT2D eigenvalue weighted by molar-refractivity contribution is 0.575. The van der Waals surface area contributed by atoms with E-state index in [2.05, 4.69) is 33.8 Å². The van der Waals surface area contributed by atoms with Gasteiger partial charge in [0.25, 0.3) is 0 Å². The standard InChI is InChI=1S/C13H17N3S/c14-12(6-8-16-9-7-15-11-16)10-17-13-4-2-1-3-5-13/h1-5,7,9,11-12H,6,8,10,14H2/t12-/m1/s1. The van der Waals surface area contributed by atoms with E-state index in [0.29, 0.717) is 0 Å². The molecule has 0 radical (unpaired) electrons. The first-order valence-electron chi connectivity index (χ1n) is 5.74. The first kappa shape index (κ1) is 12.2. The van der Waals surface area contributed by atoms with Crippen LogP contribution in [0.1, 0.15) is 6.42 Å². The molecule has 0 saturated carbocycles. The fraction of sp³-hybridized carbons (Fsp3) is 0.308. The smallest absolute Gasteiger partial charge is 0.0945 e. The Balaban J connectivity index is 1.69. The first-order valence-corrected chi connectivity index (χ1v) is 6.72. The predicted octanol–water partition coefficient (Wildman–Crippen LogP) is 2.39. The Labute approximate surface area is 106 Å². The van der Waals surface area contributed by atoms with Crippen LogP contribution in [0.4, 0.5) is 0 Å². The molecule has 0 fully saturated rings. The summed E-state index contributed by atoms with van der Waals surface area (Å²) >= 11 is 1.82. The molecule has 1 heterocycles. The topological polar surface area (TPSA) is 43.8 Å². The average Bonchev–Trinajstić information content (AvgIpc) is 2.88. The molecule has 4 heteroatoms. The molecule has 0 aliphatic rings. The van der Waals surface area contributed by atoms with Crippen LogP contribution in [-0.2, 0) is 6.54 Å². The third-order valence-electron chi connectivity index (χ3n) is 2.52. The maximum absolute atomic E-state index is 6.08. The Bertz CT molecular complexity index is 413. The van der Waals surface area contributed by atoms with Crippen LogP contribution in [0, 0.1) is 0 Å². The van der Waals surface area contributed by atoms with E-state index in [4.69, 9.17) is 5.73 Å². The molecule has 0 unspecified atom stereocenters. The third kappa shape index (κ3) is 4.24. The maximum atomic E-state index is 6.08. The van der Waals surface area contributed by atoms with Crippen LogP contribution in [-0.4, -0.2) is 21.3 Å². The summed E-state index contributed by atoms with van der Waals surface area (Å²) < 4.78 is 2.06. The van der Waals surface area contributed by atoms with Crippen LogP contribution < -0.4 is 5.73 Å². The number of hydrogen-bond acceptors (Lipinski definition) is 3. The van der Waals surface area contributed by atoms with Gasteiger partial charge in [0.05, 0.1) is 6.33 Å². The van der Waals surface area contributed by atoms with Gasteiger partial charge in [0, 0.05) is 35.6 Å². The normalized spacial score (nSPS) is 12.5. The number of aromatic nitrogens is 2. The van der Waals surface area contributed by atoms with Gasteiger partial charge in [0.2, 0.25) is 0 Å². The van der Waals surface area contributed by atoms with E-state index in [9.17, 15) is 0 Å². The summed E-state index contributed by atoms with van der Waals surface area (Å²) in [6.07, 6.45) is 6.58. The van der Waals surface area contributed by atoms with E-state index in [-0.39, 0.29) is 6.04 Å². The van der Waals surface area contributed by atoms with Crippen molar-refractivity contribution >= 4 is 11.8 Å². The lowest BCUT2D eigenvalue weighted by Crippen LogP contribution is -2.24. The lowest BCUT2D eigenvalue weighted by Gasteiger charge is -2.11. The van der Waals surface area contributed by atoms with Gasteiger partial charge in [-0.15, -0.1) is 11.8 Å². The van der Waals surface area contributed by atoms with Crippen molar-refractivity contribution in [2.75, 3.05) is 5.75 Å². The molecule has 0 spiro atoms. The van der Waals surface area contributed by atoms with Gasteiger partial charge in [-0.25, -0.2) is 4.98 Å². The van der Waals surface area contributed by atoms with Gasteiger partial charge in [-0.1, -0.05) is 18.2 Å². The average molecular weight is 247 g/mol. The number of aryl methyl sites for hydroxylation is 1. The number of benzene rings is 1. The molecule has 17 heavy (non-hydrogen) atoms. The van der Waals surface area contributed by atoms with Crippen LogP contribution in [0.25, 0.3) is 0 Å². The number of nitrogens with two attached hydrogens (primary N) is 1.